The summed E-state index contributed by atoms with van der Waals surface area (Å²) in [6.07, 6.45) is 7.72. The first-order valence-corrected chi connectivity index (χ1v) is 10.6. The van der Waals surface area contributed by atoms with Gasteiger partial charge in [-0.05, 0) is 31.7 Å². The summed E-state index contributed by atoms with van der Waals surface area (Å²) in [5.74, 6) is 2.86. The monoisotopic (exact) mass is 409 g/mol. The zero-order chi connectivity index (χ0) is 20.3. The van der Waals surface area contributed by atoms with Gasteiger partial charge in [0.05, 0.1) is 25.5 Å². The molecule has 30 heavy (non-hydrogen) atoms. The summed E-state index contributed by atoms with van der Waals surface area (Å²) in [7, 11) is 0. The van der Waals surface area contributed by atoms with Gasteiger partial charge in [-0.2, -0.15) is 0 Å². The van der Waals surface area contributed by atoms with E-state index in [4.69, 9.17) is 20.2 Å². The molecular weight excluding hydrogens is 382 g/mol. The maximum atomic E-state index is 6.29. The van der Waals surface area contributed by atoms with Gasteiger partial charge in [0.15, 0.2) is 0 Å². The molecule has 1 saturated carbocycles. The third kappa shape index (κ3) is 4.17. The number of anilines is 3. The molecule has 0 spiro atoms. The molecule has 1 aliphatic carbocycles. The Bertz CT molecular complexity index is 994. The van der Waals surface area contributed by atoms with Gasteiger partial charge in [-0.15, -0.1) is 0 Å². The summed E-state index contributed by atoms with van der Waals surface area (Å²) >= 11 is 0. The van der Waals surface area contributed by atoms with Crippen LogP contribution in [0.5, 0.6) is 5.75 Å². The topological polar surface area (TPSA) is 114 Å². The number of fused-ring (bicyclic) bond motifs is 1. The van der Waals surface area contributed by atoms with Crippen molar-refractivity contribution in [2.45, 2.75) is 37.8 Å². The molecule has 158 valence electrons. The van der Waals surface area contributed by atoms with E-state index in [0.29, 0.717) is 25.2 Å². The van der Waals surface area contributed by atoms with E-state index in [1.807, 2.05) is 24.4 Å². The average Bonchev–Trinajstić information content (AvgIpc) is 3.25. The van der Waals surface area contributed by atoms with Crippen LogP contribution in [0.15, 0.2) is 30.6 Å². The van der Waals surface area contributed by atoms with E-state index < -0.39 is 0 Å². The third-order valence-electron chi connectivity index (χ3n) is 5.71. The Morgan fingerprint density at radius 3 is 2.77 bits per heavy atom. The van der Waals surface area contributed by atoms with E-state index in [-0.39, 0.29) is 6.10 Å². The Morgan fingerprint density at radius 1 is 1.10 bits per heavy atom. The quantitative estimate of drug-likeness (QED) is 0.589. The van der Waals surface area contributed by atoms with Crippen molar-refractivity contribution in [3.05, 3.63) is 30.6 Å². The molecule has 2 aromatic heterocycles. The van der Waals surface area contributed by atoms with Crippen molar-refractivity contribution >= 4 is 28.6 Å². The Hall–Kier alpha value is -2.91. The number of rotatable bonds is 5. The fourth-order valence-electron chi connectivity index (χ4n) is 4.00. The fourth-order valence-corrected chi connectivity index (χ4v) is 4.00. The lowest BCUT2D eigenvalue weighted by molar-refractivity contribution is 0.122. The number of nitrogens with two attached hydrogens (primary N) is 1. The number of aromatic amines is 1. The number of nitrogens with zero attached hydrogens (tertiary/aromatic N) is 4. The second-order valence-electron chi connectivity index (χ2n) is 7.89. The molecule has 1 saturated heterocycles. The smallest absolute Gasteiger partial charge is 0.229 e. The number of hydrogen-bond donors (Lipinski definition) is 3. The molecule has 0 atom stereocenters. The molecule has 4 N–H and O–H groups in total. The summed E-state index contributed by atoms with van der Waals surface area (Å²) in [6.45, 7) is 3.08. The van der Waals surface area contributed by atoms with Crippen LogP contribution < -0.4 is 20.7 Å². The summed E-state index contributed by atoms with van der Waals surface area (Å²) in [5.41, 5.74) is 6.83. The van der Waals surface area contributed by atoms with Crippen LogP contribution in [0.1, 0.15) is 25.7 Å². The van der Waals surface area contributed by atoms with Gasteiger partial charge in [-0.3, -0.25) is 0 Å². The number of aromatic nitrogens is 4. The van der Waals surface area contributed by atoms with Crippen LogP contribution in [0, 0.1) is 0 Å². The number of benzene rings is 1. The molecule has 0 amide bonds. The van der Waals surface area contributed by atoms with Gasteiger partial charge in [0.1, 0.15) is 17.1 Å². The lowest BCUT2D eigenvalue weighted by atomic mass is 9.94. The Balaban J connectivity index is 1.33. The molecular formula is C21H27N7O2. The molecule has 2 fully saturated rings. The van der Waals surface area contributed by atoms with Crippen LogP contribution >= 0.6 is 0 Å². The van der Waals surface area contributed by atoms with Gasteiger partial charge >= 0.3 is 0 Å². The standard InChI is InChI=1S/C21H27N7O2/c22-15-4-6-16(7-5-15)30-17-3-1-2-14-12-23-20(27-19(14)17)25-18-13-24-21(26-18)28-8-10-29-11-9-28/h1-3,12-13,15-16H,4-11,22H2,(H,24,26)(H,23,25,27). The van der Waals surface area contributed by atoms with Gasteiger partial charge in [0.2, 0.25) is 11.9 Å². The van der Waals surface area contributed by atoms with E-state index in [1.165, 1.54) is 0 Å². The third-order valence-corrected chi connectivity index (χ3v) is 5.71. The lowest BCUT2D eigenvalue weighted by Crippen LogP contribution is -2.36. The fraction of sp³-hybridized carbons (Fsp3) is 0.476. The van der Waals surface area contributed by atoms with Crippen LogP contribution in [0.2, 0.25) is 0 Å². The van der Waals surface area contributed by atoms with Crippen molar-refractivity contribution < 1.29 is 9.47 Å². The van der Waals surface area contributed by atoms with Crippen molar-refractivity contribution in [1.29, 1.82) is 0 Å². The van der Waals surface area contributed by atoms with E-state index in [1.54, 1.807) is 6.20 Å². The van der Waals surface area contributed by atoms with E-state index >= 15 is 0 Å². The molecule has 0 bridgehead atoms. The largest absolute Gasteiger partial charge is 0.488 e. The maximum absolute atomic E-state index is 6.29. The van der Waals surface area contributed by atoms with Gasteiger partial charge < -0.3 is 30.4 Å². The molecule has 5 rings (SSSR count). The number of morpholine rings is 1. The van der Waals surface area contributed by atoms with Crippen molar-refractivity contribution in [2.24, 2.45) is 5.73 Å². The summed E-state index contributed by atoms with van der Waals surface area (Å²) in [6, 6.07) is 6.24. The first-order chi connectivity index (χ1) is 14.7. The molecule has 1 aliphatic heterocycles. The van der Waals surface area contributed by atoms with E-state index in [9.17, 15) is 0 Å². The van der Waals surface area contributed by atoms with E-state index in [2.05, 4.69) is 25.2 Å². The number of nitrogens with one attached hydrogen (secondary N) is 2. The Morgan fingerprint density at radius 2 is 1.93 bits per heavy atom. The highest BCUT2D eigenvalue weighted by atomic mass is 16.5. The van der Waals surface area contributed by atoms with Gasteiger partial charge in [0.25, 0.3) is 0 Å². The highest BCUT2D eigenvalue weighted by Crippen LogP contribution is 2.29. The second kappa shape index (κ2) is 8.45. The molecule has 0 radical (unpaired) electrons. The minimum absolute atomic E-state index is 0.186. The highest BCUT2D eigenvalue weighted by molar-refractivity contribution is 5.84. The molecule has 2 aliphatic rings. The van der Waals surface area contributed by atoms with Crippen molar-refractivity contribution in [3.63, 3.8) is 0 Å². The summed E-state index contributed by atoms with van der Waals surface area (Å²) in [4.78, 5) is 19.1. The summed E-state index contributed by atoms with van der Waals surface area (Å²) < 4.78 is 11.7. The van der Waals surface area contributed by atoms with Crippen LogP contribution in [-0.4, -0.2) is 58.4 Å². The zero-order valence-corrected chi connectivity index (χ0v) is 16.9. The lowest BCUT2D eigenvalue weighted by Gasteiger charge is -2.27. The molecule has 1 aromatic carbocycles. The van der Waals surface area contributed by atoms with Crippen LogP contribution in [0.3, 0.4) is 0 Å². The van der Waals surface area contributed by atoms with Gasteiger partial charge in [-0.25, -0.2) is 15.0 Å². The molecule has 9 heteroatoms. The van der Waals surface area contributed by atoms with Crippen molar-refractivity contribution in [1.82, 2.24) is 19.9 Å². The number of H-pyrrole nitrogens is 1. The maximum Gasteiger partial charge on any atom is 0.229 e. The first kappa shape index (κ1) is 19.1. The molecule has 3 aromatic rings. The summed E-state index contributed by atoms with van der Waals surface area (Å²) in [5, 5.41) is 4.17. The van der Waals surface area contributed by atoms with Gasteiger partial charge in [-0.1, -0.05) is 12.1 Å². The minimum atomic E-state index is 0.186. The number of ether oxygens (including phenoxy) is 2. The van der Waals surface area contributed by atoms with Crippen LogP contribution in [-0.2, 0) is 4.74 Å². The number of hydrogen-bond acceptors (Lipinski definition) is 8. The second-order valence-corrected chi connectivity index (χ2v) is 7.89. The zero-order valence-electron chi connectivity index (χ0n) is 16.9. The molecule has 9 nitrogen and oxygen atoms in total. The van der Waals surface area contributed by atoms with Crippen LogP contribution in [0.4, 0.5) is 17.7 Å². The van der Waals surface area contributed by atoms with Gasteiger partial charge in [0, 0.05) is 30.7 Å². The van der Waals surface area contributed by atoms with Crippen LogP contribution in [0.25, 0.3) is 10.9 Å². The predicted molar refractivity (Wildman–Crippen MR) is 115 cm³/mol. The Kier molecular flexibility index (Phi) is 5.37. The number of imidazole rings is 1. The van der Waals surface area contributed by atoms with Crippen molar-refractivity contribution in [3.8, 4) is 5.75 Å². The first-order valence-electron chi connectivity index (χ1n) is 10.6. The Labute approximate surface area is 175 Å². The predicted octanol–water partition coefficient (Wildman–Crippen LogP) is 2.58. The molecule has 3 heterocycles. The number of para-hydroxylation sites is 1. The van der Waals surface area contributed by atoms with E-state index in [0.717, 1.165) is 67.2 Å². The highest BCUT2D eigenvalue weighted by Gasteiger charge is 2.21. The van der Waals surface area contributed by atoms with Crippen molar-refractivity contribution in [2.75, 3.05) is 36.5 Å². The SMILES string of the molecule is NC1CCC(Oc2cccc3cnc(Nc4cnc(N5CCOCC5)[nH]4)nc23)CC1. The minimum Gasteiger partial charge on any atom is -0.488 e. The molecule has 0 unspecified atom stereocenters. The normalized spacial score (nSPS) is 22.2. The average molecular weight is 409 g/mol.